The third kappa shape index (κ3) is 13.8. The predicted molar refractivity (Wildman–Crippen MR) is 212 cm³/mol. The lowest BCUT2D eigenvalue weighted by Gasteiger charge is -2.59. The van der Waals surface area contributed by atoms with Crippen molar-refractivity contribution in [2.45, 2.75) is 200 Å². The summed E-state index contributed by atoms with van der Waals surface area (Å²) in [7, 11) is 2.65. The van der Waals surface area contributed by atoms with Crippen LogP contribution in [-0.2, 0) is 42.8 Å². The first-order chi connectivity index (χ1) is 23.9. The summed E-state index contributed by atoms with van der Waals surface area (Å²) in [4.78, 5) is 36.6. The molecule has 1 aliphatic rings. The third-order valence-corrected chi connectivity index (χ3v) is 12.4. The molecule has 0 heterocycles. The number of rotatable bonds is 24. The molecule has 10 heteroatoms. The molecule has 1 saturated carbocycles. The molecule has 0 spiro atoms. The zero-order chi connectivity index (χ0) is 40.2. The first-order valence-electron chi connectivity index (χ1n) is 19.5. The molecule has 0 N–H and O–H groups in total. The van der Waals surface area contributed by atoms with Gasteiger partial charge >= 0.3 is 17.9 Å². The fraction of sp³-hybridized carbons (Fsp3) is 0.833. The molecular formula is C42H75O9P. The highest BCUT2D eigenvalue weighted by Crippen LogP contribution is 2.58. The Morgan fingerprint density at radius 1 is 0.673 bits per heavy atom. The van der Waals surface area contributed by atoms with Gasteiger partial charge in [0.15, 0.2) is 0 Å². The van der Waals surface area contributed by atoms with Crippen LogP contribution in [0.5, 0.6) is 0 Å². The Labute approximate surface area is 319 Å². The van der Waals surface area contributed by atoms with E-state index in [-0.39, 0.29) is 23.3 Å². The van der Waals surface area contributed by atoms with E-state index < -0.39 is 33.3 Å². The minimum atomic E-state index is -0.734. The second-order valence-electron chi connectivity index (χ2n) is 16.7. The van der Waals surface area contributed by atoms with Crippen LogP contribution < -0.4 is 0 Å². The molecular weight excluding hydrogens is 679 g/mol. The van der Waals surface area contributed by atoms with Gasteiger partial charge in [-0.25, -0.2) is 9.59 Å². The topological polar surface area (TPSA) is 107 Å². The van der Waals surface area contributed by atoms with Gasteiger partial charge in [-0.2, -0.15) is 0 Å². The molecule has 0 radical (unpaired) electrons. The van der Waals surface area contributed by atoms with Crippen molar-refractivity contribution < 1.29 is 42.8 Å². The number of carbonyl (C=O) groups excluding carboxylic acids is 3. The van der Waals surface area contributed by atoms with Crippen molar-refractivity contribution in [2.75, 3.05) is 19.8 Å². The first-order valence-corrected chi connectivity index (χ1v) is 20.1. The van der Waals surface area contributed by atoms with Crippen molar-refractivity contribution in [1.29, 1.82) is 0 Å². The van der Waals surface area contributed by atoms with E-state index in [0.29, 0.717) is 63.1 Å². The summed E-state index contributed by atoms with van der Waals surface area (Å²) in [5, 5.41) is -0.734. The average Bonchev–Trinajstić information content (AvgIpc) is 3.05. The Morgan fingerprint density at radius 3 is 1.58 bits per heavy atom. The smallest absolute Gasteiger partial charge is 0.333 e. The number of ether oxygens (including phenoxy) is 6. The van der Waals surface area contributed by atoms with Crippen molar-refractivity contribution in [3.8, 4) is 0 Å². The van der Waals surface area contributed by atoms with Crippen LogP contribution in [0.2, 0.25) is 0 Å². The quantitative estimate of drug-likeness (QED) is 0.0412. The second-order valence-corrected chi connectivity index (χ2v) is 17.9. The van der Waals surface area contributed by atoms with Gasteiger partial charge in [-0.3, -0.25) is 4.79 Å². The van der Waals surface area contributed by atoms with Gasteiger partial charge in [-0.05, 0) is 106 Å². The van der Waals surface area contributed by atoms with Crippen molar-refractivity contribution in [1.82, 2.24) is 0 Å². The maximum Gasteiger partial charge on any atom is 0.333 e. The van der Waals surface area contributed by atoms with Crippen LogP contribution in [0.1, 0.15) is 167 Å². The number of hydrogen-bond donors (Lipinski definition) is 0. The minimum absolute atomic E-state index is 0.327. The monoisotopic (exact) mass is 755 g/mol. The Hall–Kier alpha value is -1.80. The van der Waals surface area contributed by atoms with Crippen LogP contribution in [0.15, 0.2) is 24.3 Å². The van der Waals surface area contributed by atoms with Crippen LogP contribution in [0.25, 0.3) is 0 Å². The molecule has 1 aliphatic carbocycles. The van der Waals surface area contributed by atoms with E-state index in [1.54, 1.807) is 13.8 Å². The zero-order valence-electron chi connectivity index (χ0n) is 35.3. The molecule has 8 atom stereocenters. The van der Waals surface area contributed by atoms with Crippen molar-refractivity contribution in [3.63, 3.8) is 0 Å². The van der Waals surface area contributed by atoms with Gasteiger partial charge in [0.1, 0.15) is 16.5 Å². The number of esters is 3. The van der Waals surface area contributed by atoms with E-state index in [9.17, 15) is 14.4 Å². The van der Waals surface area contributed by atoms with E-state index in [4.69, 9.17) is 28.4 Å². The third-order valence-electron chi connectivity index (χ3n) is 12.0. The average molecular weight is 755 g/mol. The second kappa shape index (κ2) is 19.7. The zero-order valence-corrected chi connectivity index (χ0v) is 36.4. The van der Waals surface area contributed by atoms with E-state index in [1.165, 1.54) is 6.92 Å². The van der Waals surface area contributed by atoms with Crippen molar-refractivity contribution in [3.05, 3.63) is 24.3 Å². The van der Waals surface area contributed by atoms with E-state index in [0.717, 1.165) is 44.9 Å². The fourth-order valence-electron chi connectivity index (χ4n) is 7.32. The molecule has 8 unspecified atom stereocenters. The molecule has 0 saturated heterocycles. The first kappa shape index (κ1) is 48.2. The molecule has 0 aliphatic heterocycles. The van der Waals surface area contributed by atoms with Gasteiger partial charge in [0, 0.05) is 42.7 Å². The molecule has 0 amide bonds. The van der Waals surface area contributed by atoms with Gasteiger partial charge in [-0.1, -0.05) is 57.0 Å². The highest BCUT2D eigenvalue weighted by Gasteiger charge is 2.58. The van der Waals surface area contributed by atoms with E-state index >= 15 is 0 Å². The SMILES string of the molecule is C=C(C)C(=O)OC(C)(CC)CCOC(C)(CC)CC1(CC)CC(CC)(OCCC(C)(CC)OC(=O)C(=C)C)CCC1(C)OCCC(C)(P)OC(C)=O. The lowest BCUT2D eigenvalue weighted by molar-refractivity contribution is -0.232. The Kier molecular flexibility index (Phi) is 18.3. The maximum absolute atomic E-state index is 12.4. The minimum Gasteiger partial charge on any atom is -0.456 e. The van der Waals surface area contributed by atoms with Gasteiger partial charge in [-0.15, -0.1) is 0 Å². The Morgan fingerprint density at radius 2 is 1.15 bits per heavy atom. The molecule has 9 nitrogen and oxygen atoms in total. The van der Waals surface area contributed by atoms with E-state index in [2.05, 4.69) is 57.0 Å². The van der Waals surface area contributed by atoms with Crippen LogP contribution in [0, 0.1) is 5.41 Å². The summed E-state index contributed by atoms with van der Waals surface area (Å²) in [6.07, 6.45) is 8.49. The van der Waals surface area contributed by atoms with Crippen LogP contribution in [0.4, 0.5) is 0 Å². The Bertz CT molecular complexity index is 1230. The fourth-order valence-corrected chi connectivity index (χ4v) is 7.60. The highest BCUT2D eigenvalue weighted by molar-refractivity contribution is 7.18. The largest absolute Gasteiger partial charge is 0.456 e. The van der Waals surface area contributed by atoms with Crippen LogP contribution in [-0.4, -0.2) is 71.1 Å². The highest BCUT2D eigenvalue weighted by atomic mass is 31.0. The summed E-state index contributed by atoms with van der Waals surface area (Å²) in [5.41, 5.74) is -2.35. The van der Waals surface area contributed by atoms with Crippen molar-refractivity contribution >= 4 is 27.1 Å². The Balaban J connectivity index is 3.45. The van der Waals surface area contributed by atoms with Gasteiger partial charge in [0.2, 0.25) is 0 Å². The van der Waals surface area contributed by atoms with Crippen LogP contribution in [0.3, 0.4) is 0 Å². The van der Waals surface area contributed by atoms with Gasteiger partial charge < -0.3 is 28.4 Å². The summed E-state index contributed by atoms with van der Waals surface area (Å²) in [6, 6.07) is 0. The molecule has 52 heavy (non-hydrogen) atoms. The van der Waals surface area contributed by atoms with Crippen molar-refractivity contribution in [2.24, 2.45) is 5.41 Å². The summed E-state index contributed by atoms with van der Waals surface area (Å²) >= 11 is 0. The van der Waals surface area contributed by atoms with Crippen LogP contribution >= 0.6 is 9.24 Å². The molecule has 0 bridgehead atoms. The van der Waals surface area contributed by atoms with Gasteiger partial charge in [0.25, 0.3) is 0 Å². The standard InChI is InChI=1S/C42H75O9P/c1-16-36(11,50-34(44)31(6)7)23-26-46-38(13,18-3)29-41(19-4)30-42(20-5,48-27-24-37(12,17-2)51-35(45)32(8)9)22-21-39(41,14)47-28-25-40(15,52)49-33(10)43/h6,8,16-30,52H2,1-5,7,9-15H3. The molecule has 0 aromatic rings. The normalized spacial score (nSPS) is 26.5. The number of hydrogen-bond acceptors (Lipinski definition) is 9. The summed E-state index contributed by atoms with van der Waals surface area (Å²) in [5.74, 6) is -1.10. The van der Waals surface area contributed by atoms with E-state index in [1.807, 2.05) is 34.6 Å². The lowest BCUT2D eigenvalue weighted by Crippen LogP contribution is -2.60. The maximum atomic E-state index is 12.4. The lowest BCUT2D eigenvalue weighted by atomic mass is 9.54. The predicted octanol–water partition coefficient (Wildman–Crippen LogP) is 9.98. The molecule has 0 aromatic carbocycles. The summed E-state index contributed by atoms with van der Waals surface area (Å²) < 4.78 is 38.0. The van der Waals surface area contributed by atoms with Gasteiger partial charge in [0.05, 0.1) is 36.6 Å². The molecule has 1 rings (SSSR count). The molecule has 0 aromatic heterocycles. The number of carbonyl (C=O) groups is 3. The molecule has 302 valence electrons. The molecule has 1 fully saturated rings. The summed E-state index contributed by atoms with van der Waals surface area (Å²) in [6.45, 7) is 34.4.